The summed E-state index contributed by atoms with van der Waals surface area (Å²) in [6.07, 6.45) is 4.43. The van der Waals surface area contributed by atoms with Crippen LogP contribution in [-0.4, -0.2) is 49.9 Å². The average molecular weight is 225 g/mol. The Hall–Kier alpha value is -1.32. The highest BCUT2D eigenvalue weighted by atomic mass is 16.2. The van der Waals surface area contributed by atoms with Crippen molar-refractivity contribution in [1.29, 1.82) is 0 Å². The van der Waals surface area contributed by atoms with Crippen LogP contribution in [0.4, 0.5) is 0 Å². The molecule has 0 rings (SSSR count). The zero-order valence-electron chi connectivity index (χ0n) is 11.2. The van der Waals surface area contributed by atoms with Crippen molar-refractivity contribution >= 4 is 11.9 Å². The van der Waals surface area contributed by atoms with E-state index >= 15 is 0 Å². The van der Waals surface area contributed by atoms with Gasteiger partial charge in [-0.25, -0.2) is 0 Å². The van der Waals surface area contributed by atoms with Gasteiger partial charge in [-0.3, -0.25) is 14.7 Å². The van der Waals surface area contributed by atoms with Crippen LogP contribution in [0.25, 0.3) is 0 Å². The minimum atomic E-state index is -0.0463. The van der Waals surface area contributed by atoms with E-state index in [4.69, 9.17) is 0 Å². The number of likely N-dealkylation sites (N-methyl/N-ethyl adjacent to an activating group) is 1. The first kappa shape index (κ1) is 14.7. The summed E-state index contributed by atoms with van der Waals surface area (Å²) in [4.78, 5) is 19.2. The third kappa shape index (κ3) is 4.96. The number of carbonyl (C=O) groups is 1. The molecule has 4 heteroatoms. The van der Waals surface area contributed by atoms with Crippen molar-refractivity contribution in [1.82, 2.24) is 9.80 Å². The molecule has 0 aromatic rings. The molecule has 1 amide bonds. The second-order valence-electron chi connectivity index (χ2n) is 4.35. The highest BCUT2D eigenvalue weighted by molar-refractivity contribution is 6.01. The fourth-order valence-corrected chi connectivity index (χ4v) is 1.30. The molecule has 0 aromatic carbocycles. The van der Waals surface area contributed by atoms with Crippen LogP contribution in [0.5, 0.6) is 0 Å². The molecule has 0 unspecified atom stereocenters. The van der Waals surface area contributed by atoms with Gasteiger partial charge in [0.2, 0.25) is 5.96 Å². The molecule has 0 N–H and O–H groups in total. The highest BCUT2D eigenvalue weighted by Crippen LogP contribution is 2.01. The molecule has 16 heavy (non-hydrogen) atoms. The highest BCUT2D eigenvalue weighted by Gasteiger charge is 2.12. The van der Waals surface area contributed by atoms with Crippen LogP contribution >= 0.6 is 0 Å². The summed E-state index contributed by atoms with van der Waals surface area (Å²) in [6, 6.07) is 0. The van der Waals surface area contributed by atoms with Crippen molar-refractivity contribution in [3.63, 3.8) is 0 Å². The number of rotatable bonds is 3. The molecule has 0 atom stereocenters. The minimum Gasteiger partial charge on any atom is -0.349 e. The molecule has 0 spiro atoms. The Balaban J connectivity index is 4.44. The number of carbonyl (C=O) groups excluding carboxylic acids is 1. The van der Waals surface area contributed by atoms with Gasteiger partial charge in [-0.15, -0.1) is 0 Å². The van der Waals surface area contributed by atoms with Gasteiger partial charge in [0.05, 0.1) is 0 Å². The third-order valence-corrected chi connectivity index (χ3v) is 2.10. The monoisotopic (exact) mass is 225 g/mol. The van der Waals surface area contributed by atoms with Gasteiger partial charge in [-0.2, -0.15) is 0 Å². The lowest BCUT2D eigenvalue weighted by Crippen LogP contribution is -2.41. The van der Waals surface area contributed by atoms with Gasteiger partial charge in [0.1, 0.15) is 0 Å². The topological polar surface area (TPSA) is 35.9 Å². The number of hydrogen-bond acceptors (Lipinski definition) is 2. The molecule has 0 aliphatic heterocycles. The predicted molar refractivity (Wildman–Crippen MR) is 68.4 cm³/mol. The van der Waals surface area contributed by atoms with E-state index in [1.165, 1.54) is 4.90 Å². The molecule has 0 heterocycles. The second kappa shape index (κ2) is 7.04. The van der Waals surface area contributed by atoms with Crippen molar-refractivity contribution in [2.45, 2.75) is 20.3 Å². The Morgan fingerprint density at radius 3 is 2.25 bits per heavy atom. The lowest BCUT2D eigenvalue weighted by molar-refractivity contribution is -0.121. The largest absolute Gasteiger partial charge is 0.349 e. The van der Waals surface area contributed by atoms with Gasteiger partial charge in [0.25, 0.3) is 5.91 Å². The van der Waals surface area contributed by atoms with E-state index < -0.39 is 0 Å². The maximum atomic E-state index is 11.8. The number of guanidine groups is 1. The van der Waals surface area contributed by atoms with E-state index in [0.717, 1.165) is 6.42 Å². The summed E-state index contributed by atoms with van der Waals surface area (Å²) in [7, 11) is 7.13. The van der Waals surface area contributed by atoms with Crippen molar-refractivity contribution in [3.8, 4) is 0 Å². The molecule has 0 saturated heterocycles. The summed E-state index contributed by atoms with van der Waals surface area (Å²) < 4.78 is 0. The number of nitrogens with zero attached hydrogens (tertiary/aromatic N) is 3. The number of allylic oxidation sites excluding steroid dienone is 1. The Bertz CT molecular complexity index is 280. The van der Waals surface area contributed by atoms with Gasteiger partial charge in [0, 0.05) is 28.2 Å². The van der Waals surface area contributed by atoms with E-state index in [1.807, 2.05) is 25.1 Å². The van der Waals surface area contributed by atoms with Crippen LogP contribution < -0.4 is 0 Å². The summed E-state index contributed by atoms with van der Waals surface area (Å²) in [6.45, 7) is 4.24. The van der Waals surface area contributed by atoms with Crippen LogP contribution in [0.15, 0.2) is 17.1 Å². The predicted octanol–water partition coefficient (Wildman–Crippen LogP) is 1.59. The Morgan fingerprint density at radius 1 is 1.31 bits per heavy atom. The summed E-state index contributed by atoms with van der Waals surface area (Å²) >= 11 is 0. The lowest BCUT2D eigenvalue weighted by atomic mass is 10.1. The number of amides is 1. The second-order valence-corrected chi connectivity index (χ2v) is 4.35. The summed E-state index contributed by atoms with van der Waals surface area (Å²) in [5.74, 6) is 1.18. The maximum absolute atomic E-state index is 11.8. The van der Waals surface area contributed by atoms with Crippen molar-refractivity contribution in [2.75, 3.05) is 28.2 Å². The zero-order chi connectivity index (χ0) is 12.7. The molecule has 0 radical (unpaired) electrons. The third-order valence-electron chi connectivity index (χ3n) is 2.10. The van der Waals surface area contributed by atoms with Crippen LogP contribution in [0.3, 0.4) is 0 Å². The Labute approximate surface area is 98.6 Å². The first-order valence-electron chi connectivity index (χ1n) is 5.48. The van der Waals surface area contributed by atoms with Gasteiger partial charge < -0.3 is 4.90 Å². The van der Waals surface area contributed by atoms with Crippen LogP contribution in [-0.2, 0) is 4.79 Å². The van der Waals surface area contributed by atoms with Gasteiger partial charge in [0.15, 0.2) is 0 Å². The van der Waals surface area contributed by atoms with E-state index in [1.54, 1.807) is 20.2 Å². The molecule has 0 saturated carbocycles. The molecule has 92 valence electrons. The average Bonchev–Trinajstić information content (AvgIpc) is 2.17. The quantitative estimate of drug-likeness (QED) is 0.415. The molecule has 0 fully saturated rings. The van der Waals surface area contributed by atoms with Crippen LogP contribution in [0.1, 0.15) is 20.3 Å². The smallest absolute Gasteiger partial charge is 0.252 e. The van der Waals surface area contributed by atoms with Gasteiger partial charge >= 0.3 is 0 Å². The van der Waals surface area contributed by atoms with E-state index in [2.05, 4.69) is 18.8 Å². The van der Waals surface area contributed by atoms with E-state index in [-0.39, 0.29) is 5.91 Å². The maximum Gasteiger partial charge on any atom is 0.252 e. The molecular formula is C12H23N3O. The molecule has 4 nitrogen and oxygen atoms in total. The number of aliphatic imine (C=N–C) groups is 1. The Morgan fingerprint density at radius 2 is 1.88 bits per heavy atom. The van der Waals surface area contributed by atoms with Gasteiger partial charge in [-0.1, -0.05) is 19.9 Å². The lowest BCUT2D eigenvalue weighted by Gasteiger charge is -2.23. The van der Waals surface area contributed by atoms with Crippen molar-refractivity contribution in [2.24, 2.45) is 10.9 Å². The van der Waals surface area contributed by atoms with Crippen molar-refractivity contribution < 1.29 is 4.79 Å². The standard InChI is InChI=1S/C12H23N3O/c1-10(2)8-7-9-11(16)15(6)12(13-3)14(4)5/h7,9-10H,8H2,1-6H3. The Kier molecular flexibility index (Phi) is 6.46. The molecule has 0 aliphatic rings. The first-order chi connectivity index (χ1) is 7.40. The zero-order valence-corrected chi connectivity index (χ0v) is 11.2. The molecular weight excluding hydrogens is 202 g/mol. The minimum absolute atomic E-state index is 0.0463. The van der Waals surface area contributed by atoms with Gasteiger partial charge in [-0.05, 0) is 18.4 Å². The van der Waals surface area contributed by atoms with Crippen molar-refractivity contribution in [3.05, 3.63) is 12.2 Å². The molecule has 0 aromatic heterocycles. The number of hydrogen-bond donors (Lipinski definition) is 0. The molecule has 0 aliphatic carbocycles. The van der Waals surface area contributed by atoms with E-state index in [9.17, 15) is 4.79 Å². The fraction of sp³-hybridized carbons (Fsp3) is 0.667. The molecule has 0 bridgehead atoms. The SMILES string of the molecule is CN=C(N(C)C)N(C)C(=O)C=CCC(C)C. The fourth-order valence-electron chi connectivity index (χ4n) is 1.30. The van der Waals surface area contributed by atoms with Crippen LogP contribution in [0.2, 0.25) is 0 Å². The normalized spacial score (nSPS) is 12.3. The summed E-state index contributed by atoms with van der Waals surface area (Å²) in [5.41, 5.74) is 0. The van der Waals surface area contributed by atoms with Crippen LogP contribution in [0, 0.1) is 5.92 Å². The summed E-state index contributed by atoms with van der Waals surface area (Å²) in [5, 5.41) is 0. The van der Waals surface area contributed by atoms with E-state index in [0.29, 0.717) is 11.9 Å². The first-order valence-corrected chi connectivity index (χ1v) is 5.48.